The summed E-state index contributed by atoms with van der Waals surface area (Å²) in [6.07, 6.45) is 1.61. The van der Waals surface area contributed by atoms with Crippen LogP contribution in [0.3, 0.4) is 0 Å². The summed E-state index contributed by atoms with van der Waals surface area (Å²) >= 11 is 0. The summed E-state index contributed by atoms with van der Waals surface area (Å²) in [5.74, 6) is -0.0997. The number of amides is 2. The molecule has 0 aliphatic heterocycles. The van der Waals surface area contributed by atoms with E-state index in [2.05, 4.69) is 17.4 Å². The molecule has 2 rings (SSSR count). The fourth-order valence-electron chi connectivity index (χ4n) is 3.42. The first kappa shape index (κ1) is 22.7. The van der Waals surface area contributed by atoms with Gasteiger partial charge in [-0.25, -0.2) is 0 Å². The van der Waals surface area contributed by atoms with Gasteiger partial charge in [-0.3, -0.25) is 9.59 Å². The molecule has 0 saturated carbocycles. The summed E-state index contributed by atoms with van der Waals surface area (Å²) in [7, 11) is 0. The van der Waals surface area contributed by atoms with Crippen molar-refractivity contribution in [2.75, 3.05) is 6.54 Å². The Bertz CT molecular complexity index is 809. The molecule has 0 aromatic heterocycles. The number of carbonyl (C=O) groups is 2. The van der Waals surface area contributed by atoms with Gasteiger partial charge in [0.15, 0.2) is 0 Å². The molecule has 0 unspecified atom stereocenters. The van der Waals surface area contributed by atoms with Gasteiger partial charge in [-0.15, -0.1) is 0 Å². The van der Waals surface area contributed by atoms with Crippen molar-refractivity contribution >= 4 is 11.8 Å². The lowest BCUT2D eigenvalue weighted by molar-refractivity contribution is -0.140. The minimum Gasteiger partial charge on any atom is -0.350 e. The molecular formula is C25H34N2O2. The molecule has 156 valence electrons. The Balaban J connectivity index is 2.24. The van der Waals surface area contributed by atoms with Gasteiger partial charge in [0, 0.05) is 12.1 Å². The van der Waals surface area contributed by atoms with E-state index < -0.39 is 6.04 Å². The van der Waals surface area contributed by atoms with Crippen molar-refractivity contribution in [2.45, 2.75) is 65.5 Å². The van der Waals surface area contributed by atoms with Crippen LogP contribution in [0.15, 0.2) is 54.6 Å². The molecule has 2 amide bonds. The second-order valence-electron chi connectivity index (χ2n) is 8.59. The summed E-state index contributed by atoms with van der Waals surface area (Å²) in [4.78, 5) is 28.0. The Kier molecular flexibility index (Phi) is 8.00. The van der Waals surface area contributed by atoms with Crippen molar-refractivity contribution in [1.29, 1.82) is 0 Å². The quantitative estimate of drug-likeness (QED) is 0.726. The molecule has 2 aromatic rings. The first-order valence-corrected chi connectivity index (χ1v) is 10.4. The number of hydrogen-bond donors (Lipinski definition) is 1. The summed E-state index contributed by atoms with van der Waals surface area (Å²) < 4.78 is 0. The maximum absolute atomic E-state index is 13.3. The summed E-state index contributed by atoms with van der Waals surface area (Å²) in [6.45, 7) is 10.4. The van der Waals surface area contributed by atoms with Crippen LogP contribution in [0.25, 0.3) is 0 Å². The van der Waals surface area contributed by atoms with Crippen molar-refractivity contribution in [2.24, 2.45) is 0 Å². The number of hydrogen-bond acceptors (Lipinski definition) is 2. The van der Waals surface area contributed by atoms with Gasteiger partial charge in [0.1, 0.15) is 6.04 Å². The van der Waals surface area contributed by atoms with Crippen LogP contribution in [-0.4, -0.2) is 34.8 Å². The average molecular weight is 395 g/mol. The van der Waals surface area contributed by atoms with Crippen LogP contribution in [0.2, 0.25) is 0 Å². The Morgan fingerprint density at radius 2 is 1.62 bits per heavy atom. The molecule has 0 fully saturated rings. The fraction of sp³-hybridized carbons (Fsp3) is 0.440. The zero-order valence-electron chi connectivity index (χ0n) is 18.4. The van der Waals surface area contributed by atoms with Crippen LogP contribution in [0.5, 0.6) is 0 Å². The molecule has 0 heterocycles. The van der Waals surface area contributed by atoms with Crippen LogP contribution in [0.4, 0.5) is 0 Å². The third-order valence-corrected chi connectivity index (χ3v) is 4.97. The average Bonchev–Trinajstić information content (AvgIpc) is 2.66. The second-order valence-corrected chi connectivity index (χ2v) is 8.59. The van der Waals surface area contributed by atoms with Gasteiger partial charge in [-0.1, -0.05) is 61.5 Å². The maximum Gasteiger partial charge on any atom is 0.243 e. The van der Waals surface area contributed by atoms with Gasteiger partial charge < -0.3 is 10.2 Å². The van der Waals surface area contributed by atoms with Crippen molar-refractivity contribution in [3.8, 4) is 0 Å². The van der Waals surface area contributed by atoms with E-state index in [1.165, 1.54) is 0 Å². The number of carbonyl (C=O) groups excluding carboxylic acids is 2. The fourth-order valence-corrected chi connectivity index (χ4v) is 3.42. The van der Waals surface area contributed by atoms with E-state index in [0.717, 1.165) is 23.1 Å². The Labute approximate surface area is 175 Å². The van der Waals surface area contributed by atoms with Gasteiger partial charge in [0.05, 0.1) is 6.42 Å². The van der Waals surface area contributed by atoms with Crippen LogP contribution >= 0.6 is 0 Å². The third kappa shape index (κ3) is 7.04. The molecule has 1 atom stereocenters. The topological polar surface area (TPSA) is 49.4 Å². The highest BCUT2D eigenvalue weighted by Crippen LogP contribution is 2.15. The summed E-state index contributed by atoms with van der Waals surface area (Å²) in [6, 6.07) is 17.5. The highest BCUT2D eigenvalue weighted by molar-refractivity contribution is 5.89. The molecular weight excluding hydrogens is 360 g/mol. The number of rotatable bonds is 8. The monoisotopic (exact) mass is 394 g/mol. The summed E-state index contributed by atoms with van der Waals surface area (Å²) in [5, 5.41) is 3.05. The Morgan fingerprint density at radius 3 is 2.21 bits per heavy atom. The minimum atomic E-state index is -0.477. The van der Waals surface area contributed by atoms with Crippen LogP contribution < -0.4 is 5.32 Å². The van der Waals surface area contributed by atoms with Crippen molar-refractivity contribution in [3.63, 3.8) is 0 Å². The van der Waals surface area contributed by atoms with Gasteiger partial charge in [0.2, 0.25) is 11.8 Å². The van der Waals surface area contributed by atoms with E-state index >= 15 is 0 Å². The number of benzene rings is 2. The predicted octanol–water partition coefficient (Wildman–Crippen LogP) is 4.30. The normalized spacial score (nSPS) is 12.3. The van der Waals surface area contributed by atoms with E-state index in [1.807, 2.05) is 77.1 Å². The molecule has 0 saturated heterocycles. The lowest BCUT2D eigenvalue weighted by Crippen LogP contribution is -2.54. The standard InChI is InChI=1S/C25H34N2O2/c1-6-22(24(29)26-25(3,4)5)27(17-16-20-13-8-7-9-14-20)23(28)18-21-15-11-10-12-19(21)2/h7-15,22H,6,16-18H2,1-5H3,(H,26,29)/t22-/m1/s1. The molecule has 0 aliphatic rings. The van der Waals surface area contributed by atoms with E-state index in [9.17, 15) is 9.59 Å². The highest BCUT2D eigenvalue weighted by atomic mass is 16.2. The first-order valence-electron chi connectivity index (χ1n) is 10.4. The van der Waals surface area contributed by atoms with Crippen LogP contribution in [-0.2, 0) is 22.4 Å². The van der Waals surface area contributed by atoms with Crippen molar-refractivity contribution < 1.29 is 9.59 Å². The van der Waals surface area contributed by atoms with Gasteiger partial charge >= 0.3 is 0 Å². The lowest BCUT2D eigenvalue weighted by atomic mass is 10.0. The molecule has 0 spiro atoms. The third-order valence-electron chi connectivity index (χ3n) is 4.97. The molecule has 4 nitrogen and oxygen atoms in total. The van der Waals surface area contributed by atoms with Crippen LogP contribution in [0.1, 0.15) is 50.8 Å². The van der Waals surface area contributed by atoms with E-state index in [4.69, 9.17) is 0 Å². The van der Waals surface area contributed by atoms with Gasteiger partial charge in [-0.2, -0.15) is 0 Å². The maximum atomic E-state index is 13.3. The molecule has 0 bridgehead atoms. The number of aryl methyl sites for hydroxylation is 1. The number of nitrogens with zero attached hydrogens (tertiary/aromatic N) is 1. The molecule has 2 aromatic carbocycles. The van der Waals surface area contributed by atoms with E-state index in [-0.39, 0.29) is 17.4 Å². The zero-order valence-corrected chi connectivity index (χ0v) is 18.4. The molecule has 0 radical (unpaired) electrons. The Hall–Kier alpha value is -2.62. The predicted molar refractivity (Wildman–Crippen MR) is 119 cm³/mol. The van der Waals surface area contributed by atoms with Crippen molar-refractivity contribution in [3.05, 3.63) is 71.3 Å². The largest absolute Gasteiger partial charge is 0.350 e. The highest BCUT2D eigenvalue weighted by Gasteiger charge is 2.30. The van der Waals surface area contributed by atoms with Crippen LogP contribution in [0, 0.1) is 6.92 Å². The van der Waals surface area contributed by atoms with E-state index in [0.29, 0.717) is 19.4 Å². The zero-order chi connectivity index (χ0) is 21.4. The minimum absolute atomic E-state index is 0.00820. The lowest BCUT2D eigenvalue weighted by Gasteiger charge is -2.33. The summed E-state index contributed by atoms with van der Waals surface area (Å²) in [5.41, 5.74) is 2.92. The van der Waals surface area contributed by atoms with Gasteiger partial charge in [0.25, 0.3) is 0 Å². The number of nitrogens with one attached hydrogen (secondary N) is 1. The van der Waals surface area contributed by atoms with Gasteiger partial charge in [-0.05, 0) is 57.2 Å². The SMILES string of the molecule is CC[C@H](C(=O)NC(C)(C)C)N(CCc1ccccc1)C(=O)Cc1ccccc1C. The molecule has 29 heavy (non-hydrogen) atoms. The molecule has 1 N–H and O–H groups in total. The Morgan fingerprint density at radius 1 is 1.00 bits per heavy atom. The second kappa shape index (κ2) is 10.2. The molecule has 4 heteroatoms. The van der Waals surface area contributed by atoms with Crippen molar-refractivity contribution in [1.82, 2.24) is 10.2 Å². The molecule has 0 aliphatic carbocycles. The smallest absolute Gasteiger partial charge is 0.243 e. The first-order chi connectivity index (χ1) is 13.7. The van der Waals surface area contributed by atoms with E-state index in [1.54, 1.807) is 4.90 Å².